The monoisotopic (exact) mass is 362 g/mol. The van der Waals surface area contributed by atoms with Crippen molar-refractivity contribution >= 4 is 11.5 Å². The Morgan fingerprint density at radius 2 is 1.63 bits per heavy atom. The molecule has 1 unspecified atom stereocenters. The van der Waals surface area contributed by atoms with E-state index in [1.165, 1.54) is 29.5 Å². The molecule has 3 rings (SSSR count). The molecule has 0 spiro atoms. The second-order valence-corrected chi connectivity index (χ2v) is 8.87. The normalized spacial score (nSPS) is 20.8. The number of hydrogen-bond donors (Lipinski definition) is 1. The molecule has 0 heterocycles. The molecule has 0 aliphatic heterocycles. The molecular formula is C25H30O2. The summed E-state index contributed by atoms with van der Waals surface area (Å²) in [5, 5.41) is 9.12. The molecule has 1 aliphatic rings. The van der Waals surface area contributed by atoms with Crippen LogP contribution in [0.1, 0.15) is 85.1 Å². The van der Waals surface area contributed by atoms with Crippen LogP contribution in [-0.4, -0.2) is 11.1 Å². The van der Waals surface area contributed by atoms with Gasteiger partial charge in [0.15, 0.2) is 0 Å². The molecule has 0 amide bonds. The van der Waals surface area contributed by atoms with Crippen LogP contribution in [0.3, 0.4) is 0 Å². The Labute approximate surface area is 162 Å². The average Bonchev–Trinajstić information content (AvgIpc) is 2.64. The van der Waals surface area contributed by atoms with Gasteiger partial charge in [-0.05, 0) is 82.5 Å². The Hall–Kier alpha value is -2.35. The molecule has 1 N–H and O–H groups in total. The van der Waals surface area contributed by atoms with Crippen molar-refractivity contribution in [1.82, 2.24) is 0 Å². The zero-order valence-electron chi connectivity index (χ0n) is 17.1. The van der Waals surface area contributed by atoms with E-state index in [1.54, 1.807) is 12.1 Å². The maximum atomic E-state index is 11.1. The lowest BCUT2D eigenvalue weighted by molar-refractivity contribution is 0.0697. The highest BCUT2D eigenvalue weighted by Gasteiger charge is 2.39. The standard InChI is InChI=1S/C25H30O2/c1-7-25(6)13-12-24(4,5)21-15-20(16(2)14-22(21)25)17(3)18-8-10-19(11-9-18)23(26)27/h8-11,14-15H,3,7,12-13H2,1-2,4-6H3,(H,26,27). The molecule has 0 fully saturated rings. The molecule has 142 valence electrons. The fourth-order valence-electron chi connectivity index (χ4n) is 4.29. The predicted octanol–water partition coefficient (Wildman–Crippen LogP) is 6.49. The van der Waals surface area contributed by atoms with Gasteiger partial charge in [0, 0.05) is 0 Å². The Bertz CT molecular complexity index is 903. The SMILES string of the molecule is C=C(c1ccc(C(=O)O)cc1)c1cc2c(cc1C)C(C)(CC)CCC2(C)C. The van der Waals surface area contributed by atoms with Gasteiger partial charge in [-0.25, -0.2) is 4.79 Å². The van der Waals surface area contributed by atoms with Crippen LogP contribution in [0.2, 0.25) is 0 Å². The minimum Gasteiger partial charge on any atom is -0.478 e. The van der Waals surface area contributed by atoms with Crippen molar-refractivity contribution in [3.05, 3.63) is 76.4 Å². The highest BCUT2D eigenvalue weighted by Crippen LogP contribution is 2.48. The van der Waals surface area contributed by atoms with Gasteiger partial charge in [0.2, 0.25) is 0 Å². The fourth-order valence-corrected chi connectivity index (χ4v) is 4.29. The van der Waals surface area contributed by atoms with Gasteiger partial charge in [0.25, 0.3) is 0 Å². The van der Waals surface area contributed by atoms with E-state index in [2.05, 4.69) is 53.3 Å². The van der Waals surface area contributed by atoms with Crippen molar-refractivity contribution < 1.29 is 9.90 Å². The Kier molecular flexibility index (Phi) is 4.80. The fraction of sp³-hybridized carbons (Fsp3) is 0.400. The van der Waals surface area contributed by atoms with Gasteiger partial charge in [0.05, 0.1) is 5.56 Å². The summed E-state index contributed by atoms with van der Waals surface area (Å²) in [6, 6.07) is 11.7. The summed E-state index contributed by atoms with van der Waals surface area (Å²) in [5.41, 5.74) is 7.91. The molecular weight excluding hydrogens is 332 g/mol. The number of carboxylic acid groups (broad SMARTS) is 1. The van der Waals surface area contributed by atoms with E-state index in [0.717, 1.165) is 23.1 Å². The zero-order valence-corrected chi connectivity index (χ0v) is 17.1. The number of carboxylic acids is 1. The van der Waals surface area contributed by atoms with E-state index < -0.39 is 5.97 Å². The summed E-state index contributed by atoms with van der Waals surface area (Å²) < 4.78 is 0. The van der Waals surface area contributed by atoms with Gasteiger partial charge >= 0.3 is 5.97 Å². The maximum absolute atomic E-state index is 11.1. The Balaban J connectivity index is 2.10. The molecule has 0 radical (unpaired) electrons. The molecule has 0 aromatic heterocycles. The number of rotatable bonds is 4. The maximum Gasteiger partial charge on any atom is 0.335 e. The minimum absolute atomic E-state index is 0.153. The lowest BCUT2D eigenvalue weighted by Crippen LogP contribution is -2.35. The Morgan fingerprint density at radius 1 is 1.04 bits per heavy atom. The molecule has 2 nitrogen and oxygen atoms in total. The van der Waals surface area contributed by atoms with Crippen molar-refractivity contribution in [2.75, 3.05) is 0 Å². The molecule has 2 heteroatoms. The lowest BCUT2D eigenvalue weighted by Gasteiger charge is -2.44. The van der Waals surface area contributed by atoms with E-state index in [1.807, 2.05) is 12.1 Å². The van der Waals surface area contributed by atoms with Crippen molar-refractivity contribution in [1.29, 1.82) is 0 Å². The third-order valence-corrected chi connectivity index (χ3v) is 6.63. The topological polar surface area (TPSA) is 37.3 Å². The second-order valence-electron chi connectivity index (χ2n) is 8.87. The quantitative estimate of drug-likeness (QED) is 0.674. The van der Waals surface area contributed by atoms with Crippen molar-refractivity contribution in [3.8, 4) is 0 Å². The van der Waals surface area contributed by atoms with Crippen LogP contribution in [-0.2, 0) is 10.8 Å². The van der Waals surface area contributed by atoms with Gasteiger partial charge < -0.3 is 5.11 Å². The predicted molar refractivity (Wildman–Crippen MR) is 113 cm³/mol. The van der Waals surface area contributed by atoms with Gasteiger partial charge in [-0.1, -0.05) is 58.5 Å². The average molecular weight is 363 g/mol. The first-order valence-corrected chi connectivity index (χ1v) is 9.78. The second kappa shape index (κ2) is 6.67. The zero-order chi connectivity index (χ0) is 20.0. The van der Waals surface area contributed by atoms with Crippen LogP contribution < -0.4 is 0 Å². The van der Waals surface area contributed by atoms with Crippen molar-refractivity contribution in [2.24, 2.45) is 0 Å². The van der Waals surface area contributed by atoms with Crippen LogP contribution in [0, 0.1) is 6.92 Å². The first-order chi connectivity index (χ1) is 12.6. The van der Waals surface area contributed by atoms with E-state index in [9.17, 15) is 4.79 Å². The first kappa shape index (κ1) is 19.4. The van der Waals surface area contributed by atoms with Gasteiger partial charge in [0.1, 0.15) is 0 Å². The van der Waals surface area contributed by atoms with E-state index in [4.69, 9.17) is 5.11 Å². The smallest absolute Gasteiger partial charge is 0.335 e. The highest BCUT2D eigenvalue weighted by atomic mass is 16.4. The summed E-state index contributed by atoms with van der Waals surface area (Å²) in [6.45, 7) is 15.8. The van der Waals surface area contributed by atoms with E-state index >= 15 is 0 Å². The summed E-state index contributed by atoms with van der Waals surface area (Å²) >= 11 is 0. The number of carbonyl (C=O) groups is 1. The molecule has 27 heavy (non-hydrogen) atoms. The molecule has 0 bridgehead atoms. The summed E-state index contributed by atoms with van der Waals surface area (Å²) in [6.07, 6.45) is 3.55. The third kappa shape index (κ3) is 3.34. The summed E-state index contributed by atoms with van der Waals surface area (Å²) in [7, 11) is 0. The molecule has 2 aromatic carbocycles. The molecule has 2 aromatic rings. The van der Waals surface area contributed by atoms with Gasteiger partial charge in [-0.3, -0.25) is 0 Å². The molecule has 0 saturated carbocycles. The van der Waals surface area contributed by atoms with Crippen LogP contribution in [0.25, 0.3) is 5.57 Å². The van der Waals surface area contributed by atoms with Crippen LogP contribution in [0.5, 0.6) is 0 Å². The minimum atomic E-state index is -0.905. The molecule has 1 aliphatic carbocycles. The molecule has 0 saturated heterocycles. The van der Waals surface area contributed by atoms with Crippen LogP contribution in [0.15, 0.2) is 43.0 Å². The van der Waals surface area contributed by atoms with Crippen LogP contribution >= 0.6 is 0 Å². The van der Waals surface area contributed by atoms with Crippen LogP contribution in [0.4, 0.5) is 0 Å². The largest absolute Gasteiger partial charge is 0.478 e. The third-order valence-electron chi connectivity index (χ3n) is 6.63. The first-order valence-electron chi connectivity index (χ1n) is 9.78. The van der Waals surface area contributed by atoms with E-state index in [-0.39, 0.29) is 10.8 Å². The number of aryl methyl sites for hydroxylation is 1. The molecule has 1 atom stereocenters. The Morgan fingerprint density at radius 3 is 2.19 bits per heavy atom. The number of benzene rings is 2. The number of aromatic carboxylic acids is 1. The van der Waals surface area contributed by atoms with Crippen molar-refractivity contribution in [2.45, 2.75) is 64.7 Å². The highest BCUT2D eigenvalue weighted by molar-refractivity contribution is 5.89. The number of fused-ring (bicyclic) bond motifs is 1. The van der Waals surface area contributed by atoms with Gasteiger partial charge in [-0.2, -0.15) is 0 Å². The summed E-state index contributed by atoms with van der Waals surface area (Å²) in [5.74, 6) is -0.905. The van der Waals surface area contributed by atoms with Gasteiger partial charge in [-0.15, -0.1) is 0 Å². The number of hydrogen-bond acceptors (Lipinski definition) is 1. The van der Waals surface area contributed by atoms with Crippen molar-refractivity contribution in [3.63, 3.8) is 0 Å². The lowest BCUT2D eigenvalue weighted by atomic mass is 9.60. The summed E-state index contributed by atoms with van der Waals surface area (Å²) in [4.78, 5) is 11.1. The van der Waals surface area contributed by atoms with E-state index in [0.29, 0.717) is 5.56 Å².